The summed E-state index contributed by atoms with van der Waals surface area (Å²) >= 11 is 3.28. The minimum Gasteiger partial charge on any atom is -0.326 e. The van der Waals surface area contributed by atoms with Gasteiger partial charge < -0.3 is 9.80 Å². The van der Waals surface area contributed by atoms with Crippen molar-refractivity contribution in [2.45, 2.75) is 18.1 Å². The van der Waals surface area contributed by atoms with Crippen molar-refractivity contribution >= 4 is 37.5 Å². The fraction of sp³-hybridized carbons (Fsp3) is 0.500. The predicted molar refractivity (Wildman–Crippen MR) is 72.4 cm³/mol. The number of anilines is 1. The van der Waals surface area contributed by atoms with Crippen LogP contribution < -0.4 is 4.90 Å². The Morgan fingerprint density at radius 1 is 1.47 bits per heavy atom. The van der Waals surface area contributed by atoms with Crippen molar-refractivity contribution in [3.63, 3.8) is 0 Å². The maximum Gasteiger partial charge on any atom is 0.248 e. The summed E-state index contributed by atoms with van der Waals surface area (Å²) in [5.74, 6) is 0.368. The molecule has 7 nitrogen and oxygen atoms in total. The maximum atomic E-state index is 11.8. The SMILES string of the molecule is CC1C(=O)N(C)CN1c1nc(S(C)(=O)=O)ncc1Br. The molecule has 0 bridgehead atoms. The van der Waals surface area contributed by atoms with Crippen LogP contribution in [0.2, 0.25) is 0 Å². The van der Waals surface area contributed by atoms with Crippen molar-refractivity contribution in [2.24, 2.45) is 0 Å². The number of rotatable bonds is 2. The van der Waals surface area contributed by atoms with Crippen molar-refractivity contribution in [3.8, 4) is 0 Å². The van der Waals surface area contributed by atoms with E-state index >= 15 is 0 Å². The number of carbonyl (C=O) groups is 1. The van der Waals surface area contributed by atoms with E-state index in [1.807, 2.05) is 0 Å². The average molecular weight is 349 g/mol. The smallest absolute Gasteiger partial charge is 0.248 e. The molecule has 2 rings (SSSR count). The normalized spacial score (nSPS) is 20.2. The van der Waals surface area contributed by atoms with Gasteiger partial charge in [-0.05, 0) is 22.9 Å². The standard InChI is InChI=1S/C10H13BrN4O3S/c1-6-9(16)14(2)5-15(6)8-7(11)4-12-10(13-8)19(3,17)18/h4,6H,5H2,1-3H3. The van der Waals surface area contributed by atoms with Gasteiger partial charge in [0.2, 0.25) is 20.9 Å². The second kappa shape index (κ2) is 4.71. The Balaban J connectivity index is 2.49. The van der Waals surface area contributed by atoms with Crippen LogP contribution in [0.1, 0.15) is 6.92 Å². The highest BCUT2D eigenvalue weighted by molar-refractivity contribution is 9.10. The van der Waals surface area contributed by atoms with E-state index in [-0.39, 0.29) is 17.1 Å². The number of carbonyl (C=O) groups excluding carboxylic acids is 1. The van der Waals surface area contributed by atoms with Crippen LogP contribution in [0.4, 0.5) is 5.82 Å². The lowest BCUT2D eigenvalue weighted by Gasteiger charge is -2.21. The van der Waals surface area contributed by atoms with Crippen molar-refractivity contribution in [3.05, 3.63) is 10.7 Å². The second-order valence-electron chi connectivity index (χ2n) is 4.42. The van der Waals surface area contributed by atoms with Gasteiger partial charge in [-0.15, -0.1) is 0 Å². The molecule has 1 aromatic rings. The summed E-state index contributed by atoms with van der Waals surface area (Å²) in [6, 6.07) is -0.386. The zero-order valence-electron chi connectivity index (χ0n) is 10.7. The Morgan fingerprint density at radius 3 is 2.58 bits per heavy atom. The molecule has 1 amide bonds. The fourth-order valence-corrected chi connectivity index (χ4v) is 2.76. The van der Waals surface area contributed by atoms with Crippen molar-refractivity contribution in [2.75, 3.05) is 24.9 Å². The van der Waals surface area contributed by atoms with E-state index in [1.165, 1.54) is 6.20 Å². The summed E-state index contributed by atoms with van der Waals surface area (Å²) in [7, 11) is -1.80. The van der Waals surface area contributed by atoms with Crippen LogP contribution >= 0.6 is 15.9 Å². The van der Waals surface area contributed by atoms with E-state index in [0.29, 0.717) is 17.0 Å². The summed E-state index contributed by atoms with van der Waals surface area (Å²) in [5.41, 5.74) is 0. The lowest BCUT2D eigenvalue weighted by molar-refractivity contribution is -0.127. The molecule has 0 aliphatic carbocycles. The zero-order chi connectivity index (χ0) is 14.4. The number of amides is 1. The molecule has 9 heteroatoms. The lowest BCUT2D eigenvalue weighted by Crippen LogP contribution is -2.31. The quantitative estimate of drug-likeness (QED) is 0.713. The molecule has 0 spiro atoms. The second-order valence-corrected chi connectivity index (χ2v) is 7.18. The monoisotopic (exact) mass is 348 g/mol. The van der Waals surface area contributed by atoms with Gasteiger partial charge >= 0.3 is 0 Å². The third kappa shape index (κ3) is 2.57. The van der Waals surface area contributed by atoms with Gasteiger partial charge in [-0.25, -0.2) is 13.4 Å². The number of nitrogens with zero attached hydrogens (tertiary/aromatic N) is 4. The number of aromatic nitrogens is 2. The van der Waals surface area contributed by atoms with Crippen molar-refractivity contribution in [1.29, 1.82) is 0 Å². The first kappa shape index (κ1) is 14.2. The summed E-state index contributed by atoms with van der Waals surface area (Å²) in [6.07, 6.45) is 2.43. The number of halogens is 1. The molecular weight excluding hydrogens is 336 g/mol. The van der Waals surface area contributed by atoms with Gasteiger partial charge in [-0.1, -0.05) is 0 Å². The van der Waals surface area contributed by atoms with Crippen LogP contribution in [0.5, 0.6) is 0 Å². The molecule has 1 fully saturated rings. The Kier molecular flexibility index (Phi) is 3.52. The van der Waals surface area contributed by atoms with E-state index in [9.17, 15) is 13.2 Å². The van der Waals surface area contributed by atoms with E-state index in [2.05, 4.69) is 25.9 Å². The van der Waals surface area contributed by atoms with Gasteiger partial charge in [0.1, 0.15) is 11.9 Å². The predicted octanol–water partition coefficient (Wildman–Crippen LogP) is 0.267. The van der Waals surface area contributed by atoms with Crippen molar-refractivity contribution < 1.29 is 13.2 Å². The van der Waals surface area contributed by atoms with Gasteiger partial charge in [0.05, 0.1) is 11.1 Å². The molecule has 1 saturated heterocycles. The molecule has 0 aromatic carbocycles. The summed E-state index contributed by atoms with van der Waals surface area (Å²) in [5, 5.41) is -0.250. The molecule has 1 aromatic heterocycles. The molecule has 1 aliphatic rings. The minimum absolute atomic E-state index is 0.0357. The van der Waals surface area contributed by atoms with E-state index < -0.39 is 9.84 Å². The first-order valence-electron chi connectivity index (χ1n) is 5.46. The van der Waals surface area contributed by atoms with Crippen LogP contribution in [0.25, 0.3) is 0 Å². The molecule has 2 heterocycles. The fourth-order valence-electron chi connectivity index (χ4n) is 1.85. The van der Waals surface area contributed by atoms with Crippen molar-refractivity contribution in [1.82, 2.24) is 14.9 Å². The van der Waals surface area contributed by atoms with E-state index in [1.54, 1.807) is 23.8 Å². The third-order valence-corrected chi connectivity index (χ3v) is 4.29. The first-order chi connectivity index (χ1) is 8.71. The van der Waals surface area contributed by atoms with E-state index in [0.717, 1.165) is 6.26 Å². The van der Waals surface area contributed by atoms with Gasteiger partial charge in [-0.2, -0.15) is 4.98 Å². The molecule has 1 aliphatic heterocycles. The summed E-state index contributed by atoms with van der Waals surface area (Å²) in [4.78, 5) is 22.9. The highest BCUT2D eigenvalue weighted by atomic mass is 79.9. The number of hydrogen-bond donors (Lipinski definition) is 0. The Bertz CT molecular complexity index is 634. The van der Waals surface area contributed by atoms with Gasteiger partial charge in [0, 0.05) is 19.5 Å². The van der Waals surface area contributed by atoms with Gasteiger partial charge in [0.25, 0.3) is 0 Å². The third-order valence-electron chi connectivity index (χ3n) is 2.87. The van der Waals surface area contributed by atoms with Gasteiger partial charge in [0.15, 0.2) is 0 Å². The molecule has 0 N–H and O–H groups in total. The number of likely N-dealkylation sites (N-methyl/N-ethyl adjacent to an activating group) is 1. The Hall–Kier alpha value is -1.22. The topological polar surface area (TPSA) is 83.5 Å². The molecule has 19 heavy (non-hydrogen) atoms. The number of sulfone groups is 1. The molecule has 0 radical (unpaired) electrons. The number of hydrogen-bond acceptors (Lipinski definition) is 6. The molecule has 1 unspecified atom stereocenters. The van der Waals surface area contributed by atoms with Crippen LogP contribution in [0, 0.1) is 0 Å². The Morgan fingerprint density at radius 2 is 2.11 bits per heavy atom. The molecular formula is C10H13BrN4O3S. The highest BCUT2D eigenvalue weighted by Gasteiger charge is 2.35. The Labute approximate surface area is 119 Å². The zero-order valence-corrected chi connectivity index (χ0v) is 13.1. The molecule has 104 valence electrons. The summed E-state index contributed by atoms with van der Waals surface area (Å²) in [6.45, 7) is 2.11. The van der Waals surface area contributed by atoms with Crippen LogP contribution in [-0.4, -0.2) is 55.2 Å². The highest BCUT2D eigenvalue weighted by Crippen LogP contribution is 2.28. The van der Waals surface area contributed by atoms with Crippen LogP contribution in [0.15, 0.2) is 15.8 Å². The lowest BCUT2D eigenvalue weighted by atomic mass is 10.3. The van der Waals surface area contributed by atoms with E-state index in [4.69, 9.17) is 0 Å². The largest absolute Gasteiger partial charge is 0.326 e. The minimum atomic E-state index is -3.48. The van der Waals surface area contributed by atoms with Gasteiger partial charge in [-0.3, -0.25) is 4.79 Å². The first-order valence-corrected chi connectivity index (χ1v) is 8.14. The van der Waals surface area contributed by atoms with Crippen LogP contribution in [0.3, 0.4) is 0 Å². The summed E-state index contributed by atoms with van der Waals surface area (Å²) < 4.78 is 23.5. The maximum absolute atomic E-state index is 11.8. The molecule has 1 atom stereocenters. The average Bonchev–Trinajstić information content (AvgIpc) is 2.56. The van der Waals surface area contributed by atoms with Crippen LogP contribution in [-0.2, 0) is 14.6 Å². The molecule has 0 saturated carbocycles.